The predicted octanol–water partition coefficient (Wildman–Crippen LogP) is 6.31. The number of thiophene rings is 1. The molecule has 2 saturated heterocycles. The van der Waals surface area contributed by atoms with Crippen LogP contribution in [0.3, 0.4) is 0 Å². The molecule has 2 aromatic carbocycles. The largest absolute Gasteiger partial charge is 0.481 e. The quantitative estimate of drug-likeness (QED) is 0.184. The van der Waals surface area contributed by atoms with Crippen molar-refractivity contribution < 1.29 is 14.6 Å². The lowest BCUT2D eigenvalue weighted by atomic mass is 9.79. The van der Waals surface area contributed by atoms with Crippen LogP contribution in [0, 0.1) is 5.92 Å². The molecule has 4 aromatic heterocycles. The highest BCUT2D eigenvalue weighted by atomic mass is 32.1. The summed E-state index contributed by atoms with van der Waals surface area (Å²) >= 11 is 3.17. The van der Waals surface area contributed by atoms with E-state index in [0.29, 0.717) is 42.7 Å². The fourth-order valence-corrected chi connectivity index (χ4v) is 9.52. The van der Waals surface area contributed by atoms with Crippen LogP contribution in [-0.2, 0) is 17.9 Å². The number of piperidine rings is 2. The number of carbonyl (C=O) groups is 1. The molecule has 2 atom stereocenters. The molecule has 0 unspecified atom stereocenters. The minimum absolute atomic E-state index is 0.0456. The molecular weight excluding hydrogens is 693 g/mol. The number of benzene rings is 2. The second-order valence-corrected chi connectivity index (χ2v) is 15.8. The normalized spacial score (nSPS) is 19.2. The van der Waals surface area contributed by atoms with Gasteiger partial charge < -0.3 is 14.7 Å². The summed E-state index contributed by atoms with van der Waals surface area (Å²) in [5.41, 5.74) is 2.58. The third kappa shape index (κ3) is 7.03. The zero-order chi connectivity index (χ0) is 35.7. The Hall–Kier alpha value is -4.75. The number of ether oxygens (including phenoxy) is 1. The average Bonchev–Trinajstić information content (AvgIpc) is 3.85. The molecule has 0 radical (unpaired) electrons. The zero-order valence-corrected chi connectivity index (χ0v) is 30.6. The first-order valence-corrected chi connectivity index (χ1v) is 19.3. The van der Waals surface area contributed by atoms with Gasteiger partial charge >= 0.3 is 0 Å². The fraction of sp³-hybridized carbons (Fsp3) is 0.325. The molecule has 12 heteroatoms. The molecule has 1 N–H and O–H groups in total. The third-order valence-electron chi connectivity index (χ3n) is 10.5. The van der Waals surface area contributed by atoms with Crippen LogP contribution >= 0.6 is 22.7 Å². The van der Waals surface area contributed by atoms with Gasteiger partial charge in [0.05, 0.1) is 41.4 Å². The highest BCUT2D eigenvalue weighted by Crippen LogP contribution is 2.37. The van der Waals surface area contributed by atoms with Gasteiger partial charge in [-0.15, -0.1) is 22.7 Å². The van der Waals surface area contributed by atoms with Crippen LogP contribution in [0.1, 0.15) is 35.6 Å². The van der Waals surface area contributed by atoms with E-state index in [4.69, 9.17) is 4.74 Å². The smallest absolute Gasteiger partial charge is 0.262 e. The summed E-state index contributed by atoms with van der Waals surface area (Å²) < 4.78 is 6.72. The molecule has 6 heterocycles. The Morgan fingerprint density at radius 3 is 2.44 bits per heavy atom. The summed E-state index contributed by atoms with van der Waals surface area (Å²) in [7, 11) is 1.60. The number of thiazole rings is 1. The number of amides is 1. The number of nitrogens with zero attached hydrogens (tertiary/aromatic N) is 6. The number of rotatable bonds is 9. The molecular formula is C40H40N6O4S2. The summed E-state index contributed by atoms with van der Waals surface area (Å²) in [6.07, 6.45) is 6.83. The molecule has 10 nitrogen and oxygen atoms in total. The molecule has 1 amide bonds. The number of likely N-dealkylation sites (tertiary alicyclic amines) is 2. The van der Waals surface area contributed by atoms with Gasteiger partial charge in [-0.25, -0.2) is 15.0 Å². The fourth-order valence-electron chi connectivity index (χ4n) is 7.58. The van der Waals surface area contributed by atoms with E-state index < -0.39 is 5.60 Å². The lowest BCUT2D eigenvalue weighted by molar-refractivity contribution is -0.142. The van der Waals surface area contributed by atoms with Crippen molar-refractivity contribution >= 4 is 39.5 Å². The Morgan fingerprint density at radius 1 is 0.942 bits per heavy atom. The molecule has 0 spiro atoms. The predicted molar refractivity (Wildman–Crippen MR) is 205 cm³/mol. The molecule has 8 rings (SSSR count). The molecule has 2 aliphatic rings. The van der Waals surface area contributed by atoms with Crippen LogP contribution in [0.25, 0.3) is 31.9 Å². The van der Waals surface area contributed by atoms with E-state index in [9.17, 15) is 14.7 Å². The van der Waals surface area contributed by atoms with Crippen LogP contribution in [0.15, 0.2) is 102 Å². The maximum Gasteiger partial charge on any atom is 0.262 e. The van der Waals surface area contributed by atoms with Crippen molar-refractivity contribution in [3.05, 3.63) is 118 Å². The second-order valence-electron chi connectivity index (χ2n) is 13.8. The van der Waals surface area contributed by atoms with Crippen LogP contribution in [0.2, 0.25) is 0 Å². The van der Waals surface area contributed by atoms with E-state index in [1.54, 1.807) is 31.0 Å². The van der Waals surface area contributed by atoms with E-state index in [1.165, 1.54) is 26.3 Å². The third-order valence-corrected chi connectivity index (χ3v) is 12.5. The topological polar surface area (TPSA) is 114 Å². The Balaban J connectivity index is 0.924. The van der Waals surface area contributed by atoms with Gasteiger partial charge in [0, 0.05) is 72.3 Å². The monoisotopic (exact) mass is 732 g/mol. The van der Waals surface area contributed by atoms with E-state index >= 15 is 0 Å². The first-order chi connectivity index (χ1) is 25.4. The summed E-state index contributed by atoms with van der Waals surface area (Å²) in [6.45, 7) is 3.38. The van der Waals surface area contributed by atoms with Crippen molar-refractivity contribution in [2.24, 2.45) is 5.92 Å². The van der Waals surface area contributed by atoms with Gasteiger partial charge in [0.1, 0.15) is 5.01 Å². The number of carbonyl (C=O) groups excluding carboxylic acids is 1. The van der Waals surface area contributed by atoms with E-state index in [0.717, 1.165) is 47.1 Å². The van der Waals surface area contributed by atoms with Gasteiger partial charge in [0.2, 0.25) is 11.8 Å². The Kier molecular flexibility index (Phi) is 9.71. The molecule has 0 bridgehead atoms. The molecule has 2 fully saturated rings. The molecule has 0 saturated carbocycles. The number of fused-ring (bicyclic) bond motifs is 1. The molecule has 52 heavy (non-hydrogen) atoms. The van der Waals surface area contributed by atoms with Crippen molar-refractivity contribution in [2.75, 3.05) is 33.3 Å². The van der Waals surface area contributed by atoms with E-state index in [-0.39, 0.29) is 29.8 Å². The number of hydrogen-bond acceptors (Lipinski definition) is 10. The molecule has 6 aromatic rings. The Labute approximate surface area is 310 Å². The second kappa shape index (κ2) is 14.7. The van der Waals surface area contributed by atoms with Crippen molar-refractivity contribution in [3.8, 4) is 26.9 Å². The minimum Gasteiger partial charge on any atom is -0.481 e. The van der Waals surface area contributed by atoms with Crippen LogP contribution in [0.5, 0.6) is 5.88 Å². The number of aromatic nitrogens is 4. The van der Waals surface area contributed by atoms with E-state index in [2.05, 4.69) is 32.0 Å². The van der Waals surface area contributed by atoms with Crippen LogP contribution in [-0.4, -0.2) is 79.2 Å². The summed E-state index contributed by atoms with van der Waals surface area (Å²) in [6, 6.07) is 24.1. The maximum atomic E-state index is 14.2. The number of hydrogen-bond donors (Lipinski definition) is 1. The highest BCUT2D eigenvalue weighted by molar-refractivity contribution is 7.15. The minimum atomic E-state index is -1.11. The molecule has 0 aliphatic carbocycles. The summed E-state index contributed by atoms with van der Waals surface area (Å²) in [4.78, 5) is 47.9. The SMILES string of the molecule is COc1ccc(-c2ncc(CN3CC[C@@H](C(=O)N4CCC(O)(Cn5cnc6c(-c7ccccc7)scc6c5=O)CC4)[C@H](c4ccccc4)C3)s2)cn1. The van der Waals surface area contributed by atoms with Gasteiger partial charge in [-0.3, -0.25) is 19.1 Å². The summed E-state index contributed by atoms with van der Waals surface area (Å²) in [5, 5.41) is 15.0. The van der Waals surface area contributed by atoms with Crippen molar-refractivity contribution in [1.82, 2.24) is 29.3 Å². The Morgan fingerprint density at radius 2 is 1.71 bits per heavy atom. The molecule has 266 valence electrons. The van der Waals surface area contributed by atoms with Gasteiger partial charge in [-0.05, 0) is 43.0 Å². The van der Waals surface area contributed by atoms with Crippen molar-refractivity contribution in [1.29, 1.82) is 0 Å². The van der Waals surface area contributed by atoms with E-state index in [1.807, 2.05) is 77.1 Å². The first-order valence-electron chi connectivity index (χ1n) is 17.6. The lowest BCUT2D eigenvalue weighted by Gasteiger charge is -2.43. The standard InChI is InChI=1S/C40H40N6O4S2/c1-50-34-13-12-29(20-41-34)37-42-21-30(52-37)22-44-17-14-31(32(23-44)27-8-4-2-5-9-27)38(47)45-18-15-40(49,16-19-45)25-46-26-43-35-33(39(46)48)24-51-36(35)28-10-6-3-7-11-28/h2-13,20-21,24,26,31-32,49H,14-19,22-23,25H2,1H3/t31-,32+/m1/s1. The molecule has 2 aliphatic heterocycles. The lowest BCUT2D eigenvalue weighted by Crippen LogP contribution is -2.53. The number of pyridine rings is 1. The number of methoxy groups -OCH3 is 1. The maximum absolute atomic E-state index is 14.2. The van der Waals surface area contributed by atoms with Crippen molar-refractivity contribution in [3.63, 3.8) is 0 Å². The van der Waals surface area contributed by atoms with Gasteiger partial charge in [0.15, 0.2) is 0 Å². The van der Waals surface area contributed by atoms with Crippen LogP contribution < -0.4 is 10.3 Å². The average molecular weight is 733 g/mol. The number of aliphatic hydroxyl groups is 1. The Bertz CT molecular complexity index is 2210. The summed E-state index contributed by atoms with van der Waals surface area (Å²) in [5.74, 6) is 0.613. The first kappa shape index (κ1) is 34.3. The van der Waals surface area contributed by atoms with Crippen LogP contribution in [0.4, 0.5) is 0 Å². The highest BCUT2D eigenvalue weighted by Gasteiger charge is 2.41. The van der Waals surface area contributed by atoms with Gasteiger partial charge in [0.25, 0.3) is 5.56 Å². The van der Waals surface area contributed by atoms with Crippen molar-refractivity contribution in [2.45, 2.75) is 43.9 Å². The van der Waals surface area contributed by atoms with Gasteiger partial charge in [-0.2, -0.15) is 0 Å². The zero-order valence-electron chi connectivity index (χ0n) is 28.9. The van der Waals surface area contributed by atoms with Gasteiger partial charge in [-0.1, -0.05) is 60.7 Å².